The molecule has 0 aliphatic carbocycles. The average Bonchev–Trinajstić information content (AvgIpc) is 3.04. The summed E-state index contributed by atoms with van der Waals surface area (Å²) >= 11 is 18.0. The smallest absolute Gasteiger partial charge is 0.251 e. The average molecular weight is 432 g/mol. The lowest BCUT2D eigenvalue weighted by Gasteiger charge is -2.08. The summed E-state index contributed by atoms with van der Waals surface area (Å²) in [7, 11) is 0. The standard InChI is InChI=1S/C20H13Cl3N4O/c21-14-6-4-12(5-7-14)19-16(27-18(25-19)9-8-17(23)26-27)11-24-20(28)13-2-1-3-15(22)10-13/h1-10H,11H2,(H,24,28). The molecule has 0 saturated heterocycles. The first kappa shape index (κ1) is 18.7. The maximum Gasteiger partial charge on any atom is 0.251 e. The molecule has 0 aliphatic heterocycles. The summed E-state index contributed by atoms with van der Waals surface area (Å²) < 4.78 is 1.63. The van der Waals surface area contributed by atoms with Crippen LogP contribution in [0.25, 0.3) is 16.9 Å². The highest BCUT2D eigenvalue weighted by atomic mass is 35.5. The number of benzene rings is 2. The van der Waals surface area contributed by atoms with E-state index in [1.54, 1.807) is 53.0 Å². The van der Waals surface area contributed by atoms with E-state index in [1.807, 2.05) is 12.1 Å². The Kier molecular flexibility index (Phi) is 5.22. The second kappa shape index (κ2) is 7.80. The number of hydrogen-bond acceptors (Lipinski definition) is 3. The van der Waals surface area contributed by atoms with Crippen LogP contribution in [0.3, 0.4) is 0 Å². The minimum atomic E-state index is -0.249. The minimum Gasteiger partial charge on any atom is -0.346 e. The van der Waals surface area contributed by atoms with Gasteiger partial charge in [-0.15, -0.1) is 0 Å². The van der Waals surface area contributed by atoms with Crippen molar-refractivity contribution in [2.45, 2.75) is 6.54 Å². The summed E-state index contributed by atoms with van der Waals surface area (Å²) in [6, 6.07) is 17.5. The summed E-state index contributed by atoms with van der Waals surface area (Å²) in [5.74, 6) is -0.249. The van der Waals surface area contributed by atoms with Crippen LogP contribution in [0.2, 0.25) is 15.2 Å². The van der Waals surface area contributed by atoms with E-state index in [2.05, 4.69) is 15.4 Å². The Morgan fingerprint density at radius 1 is 0.964 bits per heavy atom. The highest BCUT2D eigenvalue weighted by Gasteiger charge is 2.17. The van der Waals surface area contributed by atoms with Crippen molar-refractivity contribution in [3.63, 3.8) is 0 Å². The van der Waals surface area contributed by atoms with E-state index in [0.717, 1.165) is 5.56 Å². The lowest BCUT2D eigenvalue weighted by Crippen LogP contribution is -2.24. The fourth-order valence-corrected chi connectivity index (χ4v) is 3.30. The van der Waals surface area contributed by atoms with Crippen molar-refractivity contribution >= 4 is 46.4 Å². The van der Waals surface area contributed by atoms with E-state index in [1.165, 1.54) is 0 Å². The highest BCUT2D eigenvalue weighted by molar-refractivity contribution is 6.31. The maximum atomic E-state index is 12.5. The van der Waals surface area contributed by atoms with Gasteiger partial charge in [0.05, 0.1) is 17.9 Å². The molecule has 0 aliphatic rings. The highest BCUT2D eigenvalue weighted by Crippen LogP contribution is 2.26. The molecule has 8 heteroatoms. The van der Waals surface area contributed by atoms with Crippen LogP contribution in [0.5, 0.6) is 0 Å². The van der Waals surface area contributed by atoms with E-state index < -0.39 is 0 Å². The first-order valence-corrected chi connectivity index (χ1v) is 9.48. The molecule has 2 heterocycles. The number of amides is 1. The molecule has 4 rings (SSSR count). The Morgan fingerprint density at radius 3 is 2.50 bits per heavy atom. The van der Waals surface area contributed by atoms with Gasteiger partial charge in [0.1, 0.15) is 5.15 Å². The summed E-state index contributed by atoms with van der Waals surface area (Å²) in [6.07, 6.45) is 0. The van der Waals surface area contributed by atoms with Gasteiger partial charge in [0.2, 0.25) is 0 Å². The van der Waals surface area contributed by atoms with Crippen molar-refractivity contribution < 1.29 is 4.79 Å². The molecule has 0 unspecified atom stereocenters. The van der Waals surface area contributed by atoms with Crippen LogP contribution < -0.4 is 5.32 Å². The maximum absolute atomic E-state index is 12.5. The molecule has 1 N–H and O–H groups in total. The van der Waals surface area contributed by atoms with Crippen molar-refractivity contribution in [1.29, 1.82) is 0 Å². The first-order valence-electron chi connectivity index (χ1n) is 8.35. The van der Waals surface area contributed by atoms with Gasteiger partial charge in [-0.25, -0.2) is 9.50 Å². The number of imidazole rings is 1. The number of carbonyl (C=O) groups excluding carboxylic acids is 1. The summed E-state index contributed by atoms with van der Waals surface area (Å²) in [5, 5.41) is 8.68. The third-order valence-electron chi connectivity index (χ3n) is 4.16. The zero-order chi connectivity index (χ0) is 19.7. The quantitative estimate of drug-likeness (QED) is 0.478. The van der Waals surface area contributed by atoms with E-state index in [-0.39, 0.29) is 12.5 Å². The summed E-state index contributed by atoms with van der Waals surface area (Å²) in [5.41, 5.74) is 3.35. The molecule has 0 saturated carbocycles. The molecule has 0 bridgehead atoms. The number of carbonyl (C=O) groups is 1. The van der Waals surface area contributed by atoms with Gasteiger partial charge in [-0.05, 0) is 42.5 Å². The molecule has 5 nitrogen and oxygen atoms in total. The zero-order valence-electron chi connectivity index (χ0n) is 14.4. The second-order valence-electron chi connectivity index (χ2n) is 6.03. The van der Waals surface area contributed by atoms with Gasteiger partial charge in [0.25, 0.3) is 5.91 Å². The van der Waals surface area contributed by atoms with Crippen molar-refractivity contribution in [1.82, 2.24) is 19.9 Å². The van der Waals surface area contributed by atoms with E-state index in [0.29, 0.717) is 37.8 Å². The van der Waals surface area contributed by atoms with Gasteiger partial charge >= 0.3 is 0 Å². The molecule has 4 aromatic rings. The molecule has 0 spiro atoms. The van der Waals surface area contributed by atoms with Crippen LogP contribution >= 0.6 is 34.8 Å². The van der Waals surface area contributed by atoms with Crippen LogP contribution in [-0.4, -0.2) is 20.5 Å². The summed E-state index contributed by atoms with van der Waals surface area (Å²) in [6.45, 7) is 0.206. The van der Waals surface area contributed by atoms with E-state index in [9.17, 15) is 4.79 Å². The van der Waals surface area contributed by atoms with Crippen LogP contribution in [0.4, 0.5) is 0 Å². The van der Waals surface area contributed by atoms with Crippen LogP contribution in [0.1, 0.15) is 16.1 Å². The monoisotopic (exact) mass is 430 g/mol. The van der Waals surface area contributed by atoms with Crippen LogP contribution in [0.15, 0.2) is 60.7 Å². The molecular weight excluding hydrogens is 419 g/mol. The molecule has 28 heavy (non-hydrogen) atoms. The fraction of sp³-hybridized carbons (Fsp3) is 0.0500. The number of halogens is 3. The SMILES string of the molecule is O=C(NCc1c(-c2ccc(Cl)cc2)nc2ccc(Cl)nn12)c1cccc(Cl)c1. The van der Waals surface area contributed by atoms with Crippen molar-refractivity contribution in [2.75, 3.05) is 0 Å². The predicted molar refractivity (Wildman–Crippen MR) is 111 cm³/mol. The Morgan fingerprint density at radius 2 is 1.75 bits per heavy atom. The Bertz CT molecular complexity index is 1170. The molecule has 0 radical (unpaired) electrons. The minimum absolute atomic E-state index is 0.206. The normalized spacial score (nSPS) is 11.0. The number of aromatic nitrogens is 3. The second-order valence-corrected chi connectivity index (χ2v) is 7.29. The van der Waals surface area contributed by atoms with Crippen LogP contribution in [0, 0.1) is 0 Å². The van der Waals surface area contributed by atoms with Gasteiger partial charge in [-0.3, -0.25) is 4.79 Å². The van der Waals surface area contributed by atoms with Crippen molar-refractivity contribution in [3.8, 4) is 11.3 Å². The fourth-order valence-electron chi connectivity index (χ4n) is 2.85. The van der Waals surface area contributed by atoms with Gasteiger partial charge in [0, 0.05) is 21.2 Å². The molecule has 2 aromatic heterocycles. The van der Waals surface area contributed by atoms with Crippen LogP contribution in [-0.2, 0) is 6.54 Å². The zero-order valence-corrected chi connectivity index (χ0v) is 16.6. The number of fused-ring (bicyclic) bond motifs is 1. The topological polar surface area (TPSA) is 59.3 Å². The lowest BCUT2D eigenvalue weighted by atomic mass is 10.1. The molecule has 2 aromatic carbocycles. The van der Waals surface area contributed by atoms with Crippen molar-refractivity contribution in [3.05, 3.63) is 87.1 Å². The molecular formula is C20H13Cl3N4O. The van der Waals surface area contributed by atoms with E-state index >= 15 is 0 Å². The summed E-state index contributed by atoms with van der Waals surface area (Å²) in [4.78, 5) is 17.2. The van der Waals surface area contributed by atoms with E-state index in [4.69, 9.17) is 34.8 Å². The molecule has 1 amide bonds. The van der Waals surface area contributed by atoms with Gasteiger partial charge in [-0.2, -0.15) is 5.10 Å². The number of rotatable bonds is 4. The third kappa shape index (κ3) is 3.83. The molecule has 0 atom stereocenters. The number of nitrogens with zero attached hydrogens (tertiary/aromatic N) is 3. The first-order chi connectivity index (χ1) is 13.5. The van der Waals surface area contributed by atoms with Gasteiger partial charge in [-0.1, -0.05) is 53.0 Å². The Balaban J connectivity index is 1.72. The molecule has 0 fully saturated rings. The number of hydrogen-bond donors (Lipinski definition) is 1. The Hall–Kier alpha value is -2.60. The van der Waals surface area contributed by atoms with Gasteiger partial charge in [0.15, 0.2) is 5.65 Å². The Labute approximate surface area is 175 Å². The molecule has 140 valence electrons. The lowest BCUT2D eigenvalue weighted by molar-refractivity contribution is 0.0950. The predicted octanol–water partition coefficient (Wildman–Crippen LogP) is 5.29. The third-order valence-corrected chi connectivity index (χ3v) is 4.85. The number of nitrogens with one attached hydrogen (secondary N) is 1. The van der Waals surface area contributed by atoms with Gasteiger partial charge < -0.3 is 5.32 Å². The largest absolute Gasteiger partial charge is 0.346 e. The van der Waals surface area contributed by atoms with Crippen molar-refractivity contribution in [2.24, 2.45) is 0 Å².